The highest BCUT2D eigenvalue weighted by Gasteiger charge is 1.90. The quantitative estimate of drug-likeness (QED) is 0.669. The Labute approximate surface area is 77.9 Å². The van der Waals surface area contributed by atoms with Gasteiger partial charge in [0.2, 0.25) is 0 Å². The summed E-state index contributed by atoms with van der Waals surface area (Å²) in [4.78, 5) is 4.21. The molecule has 13 heavy (non-hydrogen) atoms. The van der Waals surface area contributed by atoms with Crippen LogP contribution in [0.25, 0.3) is 0 Å². The molecule has 3 nitrogen and oxygen atoms in total. The highest BCUT2D eigenvalue weighted by molar-refractivity contribution is 5.28. The monoisotopic (exact) mass is 176 g/mol. The van der Waals surface area contributed by atoms with Gasteiger partial charge in [0.05, 0.1) is 5.69 Å². The summed E-state index contributed by atoms with van der Waals surface area (Å²) in [5.74, 6) is 5.71. The minimum Gasteiger partial charge on any atom is -0.372 e. The van der Waals surface area contributed by atoms with Gasteiger partial charge in [-0.1, -0.05) is 12.0 Å². The van der Waals surface area contributed by atoms with Crippen LogP contribution in [0.15, 0.2) is 18.2 Å². The van der Waals surface area contributed by atoms with Crippen LogP contribution in [0.3, 0.4) is 0 Å². The second-order valence-electron chi connectivity index (χ2n) is 2.45. The summed E-state index contributed by atoms with van der Waals surface area (Å²) in [6, 6.07) is 5.62. The fourth-order valence-corrected chi connectivity index (χ4v) is 0.862. The van der Waals surface area contributed by atoms with Crippen molar-refractivity contribution in [2.24, 2.45) is 5.73 Å². The van der Waals surface area contributed by atoms with Crippen molar-refractivity contribution in [2.75, 3.05) is 13.7 Å². The molecule has 1 heterocycles. The Hall–Kier alpha value is -1.37. The third kappa shape index (κ3) is 3.24. The molecule has 0 unspecified atom stereocenters. The van der Waals surface area contributed by atoms with Crippen LogP contribution in [0.2, 0.25) is 0 Å². The van der Waals surface area contributed by atoms with Crippen molar-refractivity contribution in [3.05, 3.63) is 29.6 Å². The third-order valence-electron chi connectivity index (χ3n) is 1.45. The maximum Gasteiger partial charge on any atom is 0.113 e. The Morgan fingerprint density at radius 2 is 2.38 bits per heavy atom. The molecule has 1 aromatic rings. The summed E-state index contributed by atoms with van der Waals surface area (Å²) >= 11 is 0. The van der Waals surface area contributed by atoms with Gasteiger partial charge in [-0.05, 0) is 18.1 Å². The summed E-state index contributed by atoms with van der Waals surface area (Å²) in [6.07, 6.45) is 0. The van der Waals surface area contributed by atoms with Crippen molar-refractivity contribution in [1.29, 1.82) is 0 Å². The molecule has 0 aliphatic heterocycles. The second kappa shape index (κ2) is 5.31. The third-order valence-corrected chi connectivity index (χ3v) is 1.45. The molecule has 0 saturated carbocycles. The van der Waals surface area contributed by atoms with Crippen molar-refractivity contribution in [3.8, 4) is 11.8 Å². The van der Waals surface area contributed by atoms with Gasteiger partial charge in [0.15, 0.2) is 0 Å². The van der Waals surface area contributed by atoms with Crippen LogP contribution >= 0.6 is 0 Å². The number of ether oxygens (including phenoxy) is 1. The van der Waals surface area contributed by atoms with Gasteiger partial charge in [-0.3, -0.25) is 0 Å². The van der Waals surface area contributed by atoms with Crippen LogP contribution in [-0.2, 0) is 11.3 Å². The van der Waals surface area contributed by atoms with Crippen LogP contribution in [0.5, 0.6) is 0 Å². The molecule has 2 N–H and O–H groups in total. The molecule has 0 aliphatic carbocycles. The minimum atomic E-state index is 0.425. The average Bonchev–Trinajstić information content (AvgIpc) is 2.19. The number of hydrogen-bond acceptors (Lipinski definition) is 3. The summed E-state index contributed by atoms with van der Waals surface area (Å²) in [5, 5.41) is 0. The first-order chi connectivity index (χ1) is 6.36. The van der Waals surface area contributed by atoms with E-state index in [2.05, 4.69) is 16.8 Å². The zero-order valence-corrected chi connectivity index (χ0v) is 7.58. The van der Waals surface area contributed by atoms with Crippen molar-refractivity contribution in [3.63, 3.8) is 0 Å². The molecule has 0 aromatic carbocycles. The van der Waals surface area contributed by atoms with Crippen molar-refractivity contribution in [1.82, 2.24) is 4.98 Å². The Kier molecular flexibility index (Phi) is 3.97. The molecule has 0 fully saturated rings. The van der Waals surface area contributed by atoms with Gasteiger partial charge in [-0.25, -0.2) is 4.98 Å². The van der Waals surface area contributed by atoms with E-state index in [0.717, 1.165) is 11.4 Å². The zero-order chi connectivity index (χ0) is 9.52. The van der Waals surface area contributed by atoms with Crippen LogP contribution < -0.4 is 5.73 Å². The van der Waals surface area contributed by atoms with E-state index in [9.17, 15) is 0 Å². The van der Waals surface area contributed by atoms with Crippen molar-refractivity contribution in [2.45, 2.75) is 6.54 Å². The number of rotatable bonds is 2. The van der Waals surface area contributed by atoms with E-state index in [1.54, 1.807) is 7.11 Å². The minimum absolute atomic E-state index is 0.425. The van der Waals surface area contributed by atoms with Crippen molar-refractivity contribution < 1.29 is 4.74 Å². The molecule has 68 valence electrons. The lowest BCUT2D eigenvalue weighted by atomic mass is 10.3. The summed E-state index contributed by atoms with van der Waals surface area (Å²) in [5.41, 5.74) is 7.03. The number of nitrogens with zero attached hydrogens (tertiary/aromatic N) is 1. The van der Waals surface area contributed by atoms with E-state index < -0.39 is 0 Å². The van der Waals surface area contributed by atoms with Gasteiger partial charge >= 0.3 is 0 Å². The molecule has 0 spiro atoms. The lowest BCUT2D eigenvalue weighted by Crippen LogP contribution is -2.00. The number of hydrogen-bond donors (Lipinski definition) is 1. The van der Waals surface area contributed by atoms with Gasteiger partial charge in [-0.15, -0.1) is 0 Å². The number of methoxy groups -OCH3 is 1. The molecular weight excluding hydrogens is 164 g/mol. The van der Waals surface area contributed by atoms with Crippen LogP contribution in [0.4, 0.5) is 0 Å². The Bertz CT molecular complexity index is 325. The van der Waals surface area contributed by atoms with Gasteiger partial charge in [0.1, 0.15) is 12.3 Å². The van der Waals surface area contributed by atoms with Crippen LogP contribution in [0.1, 0.15) is 11.4 Å². The van der Waals surface area contributed by atoms with Crippen LogP contribution in [-0.4, -0.2) is 18.7 Å². The second-order valence-corrected chi connectivity index (χ2v) is 2.45. The first-order valence-electron chi connectivity index (χ1n) is 4.00. The smallest absolute Gasteiger partial charge is 0.113 e. The zero-order valence-electron chi connectivity index (χ0n) is 7.58. The Balaban J connectivity index is 2.73. The molecule has 0 aliphatic rings. The van der Waals surface area contributed by atoms with Gasteiger partial charge in [0, 0.05) is 13.7 Å². The number of aromatic nitrogens is 1. The van der Waals surface area contributed by atoms with E-state index in [0.29, 0.717) is 13.2 Å². The fraction of sp³-hybridized carbons (Fsp3) is 0.300. The maximum absolute atomic E-state index is 5.44. The Morgan fingerprint density at radius 1 is 1.54 bits per heavy atom. The number of pyridine rings is 1. The predicted octanol–water partition coefficient (Wildman–Crippen LogP) is 0.538. The topological polar surface area (TPSA) is 48.1 Å². The van der Waals surface area contributed by atoms with Crippen LogP contribution in [0, 0.1) is 11.8 Å². The van der Waals surface area contributed by atoms with Crippen molar-refractivity contribution >= 4 is 0 Å². The largest absolute Gasteiger partial charge is 0.372 e. The molecule has 1 rings (SSSR count). The average molecular weight is 176 g/mol. The molecule has 3 heteroatoms. The standard InChI is InChI=1S/C10H12N2O/c1-13-7-3-6-9-4-2-5-10(8-11)12-9/h2,4-5H,7-8,11H2,1H3. The summed E-state index contributed by atoms with van der Waals surface area (Å²) in [7, 11) is 1.61. The van der Waals surface area contributed by atoms with Gasteiger partial charge < -0.3 is 10.5 Å². The normalized spacial score (nSPS) is 9.08. The van der Waals surface area contributed by atoms with Gasteiger partial charge in [0.25, 0.3) is 0 Å². The van der Waals surface area contributed by atoms with Gasteiger partial charge in [-0.2, -0.15) is 0 Å². The summed E-state index contributed by atoms with van der Waals surface area (Å²) in [6.45, 7) is 0.869. The molecule has 0 radical (unpaired) electrons. The lowest BCUT2D eigenvalue weighted by Gasteiger charge is -1.94. The highest BCUT2D eigenvalue weighted by Crippen LogP contribution is 1.96. The van der Waals surface area contributed by atoms with E-state index in [1.165, 1.54) is 0 Å². The van der Waals surface area contributed by atoms with E-state index in [-0.39, 0.29) is 0 Å². The highest BCUT2D eigenvalue weighted by atomic mass is 16.5. The van der Waals surface area contributed by atoms with E-state index >= 15 is 0 Å². The van der Waals surface area contributed by atoms with E-state index in [1.807, 2.05) is 18.2 Å². The summed E-state index contributed by atoms with van der Waals surface area (Å²) < 4.78 is 4.79. The molecule has 0 bridgehead atoms. The predicted molar refractivity (Wildman–Crippen MR) is 50.9 cm³/mol. The maximum atomic E-state index is 5.44. The fourth-order valence-electron chi connectivity index (χ4n) is 0.862. The first kappa shape index (κ1) is 9.72. The first-order valence-corrected chi connectivity index (χ1v) is 4.00. The molecule has 1 aromatic heterocycles. The molecule has 0 atom stereocenters. The van der Waals surface area contributed by atoms with E-state index in [4.69, 9.17) is 10.5 Å². The molecule has 0 saturated heterocycles. The molecular formula is C10H12N2O. The Morgan fingerprint density at radius 3 is 3.08 bits per heavy atom. The lowest BCUT2D eigenvalue weighted by molar-refractivity contribution is 0.240. The number of nitrogens with two attached hydrogens (primary N) is 1. The SMILES string of the molecule is COCC#Cc1cccc(CN)n1. The molecule has 0 amide bonds.